The Labute approximate surface area is 177 Å². The zero-order valence-electron chi connectivity index (χ0n) is 17.4. The molecule has 3 aromatic rings. The number of rotatable bonds is 7. The smallest absolute Gasteiger partial charge is 0.251 e. The molecule has 5 heteroatoms. The molecule has 0 aliphatic heterocycles. The summed E-state index contributed by atoms with van der Waals surface area (Å²) in [5.74, 6) is 1.08. The zero-order chi connectivity index (χ0) is 20.9. The van der Waals surface area contributed by atoms with Crippen LogP contribution in [0.5, 0.6) is 11.5 Å². The first-order chi connectivity index (χ1) is 14.6. The topological polar surface area (TPSA) is 60.5 Å². The molecule has 0 saturated heterocycles. The Bertz CT molecular complexity index is 1020. The van der Waals surface area contributed by atoms with E-state index in [0.29, 0.717) is 23.7 Å². The molecule has 1 aromatic heterocycles. The predicted molar refractivity (Wildman–Crippen MR) is 116 cm³/mol. The number of ether oxygens (including phenoxy) is 2. The van der Waals surface area contributed by atoms with Gasteiger partial charge in [-0.05, 0) is 48.7 Å². The zero-order valence-corrected chi connectivity index (χ0v) is 17.4. The molecule has 2 aromatic carbocycles. The fraction of sp³-hybridized carbons (Fsp3) is 0.280. The van der Waals surface area contributed by atoms with Gasteiger partial charge < -0.3 is 14.8 Å². The van der Waals surface area contributed by atoms with Gasteiger partial charge in [0.1, 0.15) is 0 Å². The molecule has 30 heavy (non-hydrogen) atoms. The number of amides is 1. The van der Waals surface area contributed by atoms with E-state index in [2.05, 4.69) is 41.5 Å². The predicted octanol–water partition coefficient (Wildman–Crippen LogP) is 3.92. The molecule has 1 aliphatic rings. The highest BCUT2D eigenvalue weighted by Gasteiger charge is 2.24. The van der Waals surface area contributed by atoms with Crippen LogP contribution in [0.3, 0.4) is 0 Å². The number of hydrogen-bond acceptors (Lipinski definition) is 4. The lowest BCUT2D eigenvalue weighted by Gasteiger charge is -2.15. The maximum atomic E-state index is 12.8. The molecule has 1 heterocycles. The number of pyridine rings is 1. The fourth-order valence-corrected chi connectivity index (χ4v) is 3.86. The van der Waals surface area contributed by atoms with Crippen LogP contribution in [-0.4, -0.2) is 30.6 Å². The number of fused-ring (bicyclic) bond motifs is 1. The first-order valence-corrected chi connectivity index (χ1v) is 10.2. The maximum absolute atomic E-state index is 12.8. The van der Waals surface area contributed by atoms with E-state index in [1.165, 1.54) is 16.7 Å². The van der Waals surface area contributed by atoms with E-state index in [-0.39, 0.29) is 11.9 Å². The Morgan fingerprint density at radius 1 is 1.10 bits per heavy atom. The Kier molecular flexibility index (Phi) is 5.98. The van der Waals surface area contributed by atoms with Gasteiger partial charge in [-0.25, -0.2) is 0 Å². The van der Waals surface area contributed by atoms with Crippen molar-refractivity contribution in [3.05, 3.63) is 88.7 Å². The molecule has 0 saturated carbocycles. The van der Waals surface area contributed by atoms with Crippen LogP contribution < -0.4 is 14.8 Å². The Balaban J connectivity index is 1.40. The molecule has 0 fully saturated rings. The number of aryl methyl sites for hydroxylation is 1. The van der Waals surface area contributed by atoms with E-state index in [1.54, 1.807) is 31.5 Å². The summed E-state index contributed by atoms with van der Waals surface area (Å²) in [4.78, 5) is 17.2. The molecule has 0 bridgehead atoms. The molecule has 0 spiro atoms. The standard InChI is InChI=1S/C25H26N2O3/c1-17-5-3-6-18(13-17)10-12-30-24-15-20(8-9-23(24)29-2)25(28)27-21-14-19-7-4-11-26-22(19)16-21/h3-9,11,13,15,21H,10,12,14,16H2,1-2H3,(H,27,28). The van der Waals surface area contributed by atoms with Crippen molar-refractivity contribution in [2.24, 2.45) is 0 Å². The number of hydrogen-bond donors (Lipinski definition) is 1. The highest BCUT2D eigenvalue weighted by Crippen LogP contribution is 2.28. The molecule has 5 nitrogen and oxygen atoms in total. The van der Waals surface area contributed by atoms with Crippen LogP contribution in [-0.2, 0) is 19.3 Å². The van der Waals surface area contributed by atoms with Crippen molar-refractivity contribution < 1.29 is 14.3 Å². The monoisotopic (exact) mass is 402 g/mol. The van der Waals surface area contributed by atoms with Crippen molar-refractivity contribution in [2.75, 3.05) is 13.7 Å². The number of nitrogens with zero attached hydrogens (tertiary/aromatic N) is 1. The third-order valence-electron chi connectivity index (χ3n) is 5.38. The molecular weight excluding hydrogens is 376 g/mol. The molecular formula is C25H26N2O3. The second-order valence-corrected chi connectivity index (χ2v) is 7.64. The average Bonchev–Trinajstić information content (AvgIpc) is 3.16. The van der Waals surface area contributed by atoms with E-state index in [9.17, 15) is 4.79 Å². The van der Waals surface area contributed by atoms with Crippen LogP contribution in [0.15, 0.2) is 60.8 Å². The minimum absolute atomic E-state index is 0.0650. The number of benzene rings is 2. The quantitative estimate of drug-likeness (QED) is 0.651. The van der Waals surface area contributed by atoms with Gasteiger partial charge in [-0.3, -0.25) is 9.78 Å². The van der Waals surface area contributed by atoms with Crippen molar-refractivity contribution in [3.63, 3.8) is 0 Å². The van der Waals surface area contributed by atoms with E-state index >= 15 is 0 Å². The first-order valence-electron chi connectivity index (χ1n) is 10.2. The molecule has 1 N–H and O–H groups in total. The van der Waals surface area contributed by atoms with Crippen LogP contribution in [0.2, 0.25) is 0 Å². The van der Waals surface area contributed by atoms with Crippen molar-refractivity contribution in [2.45, 2.75) is 32.2 Å². The summed E-state index contributed by atoms with van der Waals surface area (Å²) >= 11 is 0. The van der Waals surface area contributed by atoms with Crippen molar-refractivity contribution >= 4 is 5.91 Å². The van der Waals surface area contributed by atoms with Gasteiger partial charge in [0, 0.05) is 36.3 Å². The third-order valence-corrected chi connectivity index (χ3v) is 5.38. The molecule has 154 valence electrons. The van der Waals surface area contributed by atoms with Crippen LogP contribution in [0.4, 0.5) is 0 Å². The normalized spacial score (nSPS) is 14.8. The summed E-state index contributed by atoms with van der Waals surface area (Å²) < 4.78 is 11.4. The van der Waals surface area contributed by atoms with Crippen LogP contribution in [0.1, 0.15) is 32.7 Å². The van der Waals surface area contributed by atoms with Gasteiger partial charge in [0.2, 0.25) is 0 Å². The number of aromatic nitrogens is 1. The van der Waals surface area contributed by atoms with Crippen molar-refractivity contribution in [1.29, 1.82) is 0 Å². The molecule has 1 amide bonds. The summed E-state index contributed by atoms with van der Waals surface area (Å²) in [6, 6.07) is 17.7. The molecule has 1 unspecified atom stereocenters. The highest BCUT2D eigenvalue weighted by molar-refractivity contribution is 5.95. The van der Waals surface area contributed by atoms with Gasteiger partial charge in [-0.15, -0.1) is 0 Å². The Morgan fingerprint density at radius 3 is 2.80 bits per heavy atom. The van der Waals surface area contributed by atoms with Crippen LogP contribution >= 0.6 is 0 Å². The number of nitrogens with one attached hydrogen (secondary N) is 1. The Morgan fingerprint density at radius 2 is 2.00 bits per heavy atom. The third kappa shape index (κ3) is 4.62. The van der Waals surface area contributed by atoms with Crippen molar-refractivity contribution in [3.8, 4) is 11.5 Å². The Hall–Kier alpha value is -3.34. The lowest BCUT2D eigenvalue weighted by Crippen LogP contribution is -2.35. The van der Waals surface area contributed by atoms with Crippen LogP contribution in [0.25, 0.3) is 0 Å². The van der Waals surface area contributed by atoms with E-state index < -0.39 is 0 Å². The van der Waals surface area contributed by atoms with E-state index in [4.69, 9.17) is 9.47 Å². The maximum Gasteiger partial charge on any atom is 0.251 e. The lowest BCUT2D eigenvalue weighted by atomic mass is 10.1. The number of methoxy groups -OCH3 is 1. The summed E-state index contributed by atoms with van der Waals surface area (Å²) in [6.07, 6.45) is 4.16. The second-order valence-electron chi connectivity index (χ2n) is 7.64. The van der Waals surface area contributed by atoms with E-state index in [1.807, 2.05) is 12.1 Å². The largest absolute Gasteiger partial charge is 0.493 e. The SMILES string of the molecule is COc1ccc(C(=O)NC2Cc3cccnc3C2)cc1OCCc1cccc(C)c1. The summed E-state index contributed by atoms with van der Waals surface area (Å²) in [6.45, 7) is 2.59. The molecule has 0 radical (unpaired) electrons. The van der Waals surface area contributed by atoms with Gasteiger partial charge in [-0.2, -0.15) is 0 Å². The molecule has 1 aliphatic carbocycles. The van der Waals surface area contributed by atoms with Gasteiger partial charge in [0.15, 0.2) is 11.5 Å². The molecule has 4 rings (SSSR count). The first kappa shape index (κ1) is 20.0. The summed E-state index contributed by atoms with van der Waals surface area (Å²) in [5, 5.41) is 3.12. The summed E-state index contributed by atoms with van der Waals surface area (Å²) in [7, 11) is 1.60. The molecule has 1 atom stereocenters. The highest BCUT2D eigenvalue weighted by atomic mass is 16.5. The van der Waals surface area contributed by atoms with Crippen LogP contribution in [0, 0.1) is 6.92 Å². The fourth-order valence-electron chi connectivity index (χ4n) is 3.86. The van der Waals surface area contributed by atoms with E-state index in [0.717, 1.165) is 25.0 Å². The second kappa shape index (κ2) is 8.99. The van der Waals surface area contributed by atoms with Gasteiger partial charge in [-0.1, -0.05) is 35.9 Å². The number of carbonyl (C=O) groups is 1. The minimum Gasteiger partial charge on any atom is -0.493 e. The minimum atomic E-state index is -0.112. The lowest BCUT2D eigenvalue weighted by molar-refractivity contribution is 0.0938. The van der Waals surface area contributed by atoms with Gasteiger partial charge >= 0.3 is 0 Å². The van der Waals surface area contributed by atoms with Crippen molar-refractivity contribution in [1.82, 2.24) is 10.3 Å². The van der Waals surface area contributed by atoms with Gasteiger partial charge in [0.05, 0.1) is 13.7 Å². The number of carbonyl (C=O) groups excluding carboxylic acids is 1. The summed E-state index contributed by atoms with van der Waals surface area (Å²) in [5.41, 5.74) is 5.28. The van der Waals surface area contributed by atoms with Gasteiger partial charge in [0.25, 0.3) is 5.91 Å². The average molecular weight is 402 g/mol.